The Kier molecular flexibility index (Phi) is 2.26. The molecule has 1 nitrogen and oxygen atoms in total. The summed E-state index contributed by atoms with van der Waals surface area (Å²) in [5.41, 5.74) is 3.13. The van der Waals surface area contributed by atoms with E-state index in [1.807, 2.05) is 12.1 Å². The molecular weight excluding hydrogens is 252 g/mol. The molecule has 4 aromatic rings. The molecule has 0 bridgehead atoms. The van der Waals surface area contributed by atoms with Crippen LogP contribution in [-0.4, -0.2) is 0 Å². The fraction of sp³-hybridized carbons (Fsp3) is 0.0588. The van der Waals surface area contributed by atoms with Crippen molar-refractivity contribution in [2.24, 2.45) is 0 Å². The second-order valence-electron chi connectivity index (χ2n) is 4.69. The molecule has 0 saturated heterocycles. The molecule has 2 heterocycles. The number of rotatable bonds is 1. The monoisotopic (exact) mass is 264 g/mol. The molecule has 2 aromatic carbocycles. The Morgan fingerprint density at radius 2 is 1.68 bits per heavy atom. The molecule has 2 heteroatoms. The first-order chi connectivity index (χ1) is 9.33. The van der Waals surface area contributed by atoms with Crippen LogP contribution >= 0.6 is 11.3 Å². The number of hydrogen-bond acceptors (Lipinski definition) is 2. The fourth-order valence-electron chi connectivity index (χ4n) is 2.52. The number of furan rings is 1. The van der Waals surface area contributed by atoms with Crippen LogP contribution in [-0.2, 0) is 0 Å². The van der Waals surface area contributed by atoms with Crippen LogP contribution in [0.15, 0.2) is 59.0 Å². The van der Waals surface area contributed by atoms with E-state index >= 15 is 0 Å². The van der Waals surface area contributed by atoms with Crippen LogP contribution in [0.2, 0.25) is 0 Å². The van der Waals surface area contributed by atoms with Crippen LogP contribution in [0.1, 0.15) is 4.88 Å². The van der Waals surface area contributed by atoms with Crippen molar-refractivity contribution in [3.8, 4) is 10.4 Å². The minimum atomic E-state index is 0.957. The number of fused-ring (bicyclic) bond motifs is 3. The van der Waals surface area contributed by atoms with Crippen LogP contribution < -0.4 is 0 Å². The molecule has 0 saturated carbocycles. The van der Waals surface area contributed by atoms with Crippen LogP contribution in [0.4, 0.5) is 0 Å². The summed E-state index contributed by atoms with van der Waals surface area (Å²) in [5.74, 6) is 0. The van der Waals surface area contributed by atoms with Crippen molar-refractivity contribution in [3.63, 3.8) is 0 Å². The van der Waals surface area contributed by atoms with E-state index in [0.717, 1.165) is 11.2 Å². The average molecular weight is 264 g/mol. The van der Waals surface area contributed by atoms with Crippen molar-refractivity contribution < 1.29 is 4.42 Å². The molecule has 19 heavy (non-hydrogen) atoms. The van der Waals surface area contributed by atoms with Gasteiger partial charge in [-0.3, -0.25) is 0 Å². The lowest BCUT2D eigenvalue weighted by Gasteiger charge is -1.98. The fourth-order valence-corrected chi connectivity index (χ4v) is 3.41. The summed E-state index contributed by atoms with van der Waals surface area (Å²) < 4.78 is 6.05. The minimum Gasteiger partial charge on any atom is -0.455 e. The molecule has 0 unspecified atom stereocenters. The smallest absolute Gasteiger partial charge is 0.144 e. The van der Waals surface area contributed by atoms with Gasteiger partial charge in [-0.15, -0.1) is 11.3 Å². The largest absolute Gasteiger partial charge is 0.455 e. The first-order valence-corrected chi connectivity index (χ1v) is 7.12. The Labute approximate surface area is 115 Å². The summed E-state index contributed by atoms with van der Waals surface area (Å²) in [4.78, 5) is 2.59. The SMILES string of the molecule is Cc1ccc(-c2cccc3c2oc2ccccc23)s1. The first kappa shape index (κ1) is 10.8. The first-order valence-electron chi connectivity index (χ1n) is 6.30. The van der Waals surface area contributed by atoms with Crippen molar-refractivity contribution in [2.75, 3.05) is 0 Å². The van der Waals surface area contributed by atoms with Crippen LogP contribution in [0.3, 0.4) is 0 Å². The Morgan fingerprint density at radius 1 is 0.842 bits per heavy atom. The Hall–Kier alpha value is -2.06. The van der Waals surface area contributed by atoms with Crippen molar-refractivity contribution in [1.29, 1.82) is 0 Å². The van der Waals surface area contributed by atoms with Crippen molar-refractivity contribution in [1.82, 2.24) is 0 Å². The van der Waals surface area contributed by atoms with Crippen molar-refractivity contribution >= 4 is 33.3 Å². The van der Waals surface area contributed by atoms with Gasteiger partial charge in [-0.2, -0.15) is 0 Å². The van der Waals surface area contributed by atoms with Gasteiger partial charge in [0.1, 0.15) is 11.2 Å². The van der Waals surface area contributed by atoms with Gasteiger partial charge in [0.2, 0.25) is 0 Å². The molecule has 0 radical (unpaired) electrons. The van der Waals surface area contributed by atoms with Crippen molar-refractivity contribution in [3.05, 3.63) is 59.5 Å². The number of hydrogen-bond donors (Lipinski definition) is 0. The Bertz CT molecular complexity index is 882. The van der Waals surface area contributed by atoms with E-state index in [2.05, 4.69) is 49.4 Å². The Balaban J connectivity index is 2.12. The number of thiophene rings is 1. The molecule has 0 N–H and O–H groups in total. The number of benzene rings is 2. The van der Waals surface area contributed by atoms with Gasteiger partial charge in [0.25, 0.3) is 0 Å². The summed E-state index contributed by atoms with van der Waals surface area (Å²) in [6.07, 6.45) is 0. The highest BCUT2D eigenvalue weighted by atomic mass is 32.1. The van der Waals surface area contributed by atoms with Gasteiger partial charge in [0.15, 0.2) is 0 Å². The maximum Gasteiger partial charge on any atom is 0.144 e. The van der Waals surface area contributed by atoms with E-state index in [4.69, 9.17) is 4.42 Å². The van der Waals surface area contributed by atoms with Gasteiger partial charge < -0.3 is 4.42 Å². The molecular formula is C17H12OS. The lowest BCUT2D eigenvalue weighted by atomic mass is 10.1. The molecule has 0 fully saturated rings. The molecule has 0 aliphatic heterocycles. The highest BCUT2D eigenvalue weighted by molar-refractivity contribution is 7.15. The zero-order valence-electron chi connectivity index (χ0n) is 10.5. The van der Waals surface area contributed by atoms with Gasteiger partial charge in [0, 0.05) is 26.1 Å². The summed E-state index contributed by atoms with van der Waals surface area (Å²) in [6, 6.07) is 18.9. The quantitative estimate of drug-likeness (QED) is 0.434. The summed E-state index contributed by atoms with van der Waals surface area (Å²) >= 11 is 1.81. The third kappa shape index (κ3) is 1.60. The van der Waals surface area contributed by atoms with Gasteiger partial charge in [0.05, 0.1) is 0 Å². The normalized spacial score (nSPS) is 11.4. The molecule has 2 aromatic heterocycles. The summed E-state index contributed by atoms with van der Waals surface area (Å²) in [5, 5.41) is 2.38. The number of aryl methyl sites for hydroxylation is 1. The molecule has 0 atom stereocenters. The molecule has 92 valence electrons. The summed E-state index contributed by atoms with van der Waals surface area (Å²) in [7, 11) is 0. The standard InChI is InChI=1S/C17H12OS/c1-11-9-10-16(19-11)14-7-4-6-13-12-5-2-3-8-15(12)18-17(13)14/h2-10H,1H3. The van der Waals surface area contributed by atoms with E-state index in [0.29, 0.717) is 0 Å². The van der Waals surface area contributed by atoms with Gasteiger partial charge >= 0.3 is 0 Å². The second-order valence-corrected chi connectivity index (χ2v) is 5.98. The van der Waals surface area contributed by atoms with E-state index in [1.54, 1.807) is 11.3 Å². The molecule has 4 rings (SSSR count). The summed E-state index contributed by atoms with van der Waals surface area (Å²) in [6.45, 7) is 2.13. The lowest BCUT2D eigenvalue weighted by molar-refractivity contribution is 0.670. The van der Waals surface area contributed by atoms with Crippen molar-refractivity contribution in [2.45, 2.75) is 6.92 Å². The average Bonchev–Trinajstić information content (AvgIpc) is 3.02. The molecule has 0 aliphatic rings. The maximum atomic E-state index is 6.05. The maximum absolute atomic E-state index is 6.05. The van der Waals surface area contributed by atoms with Crippen LogP contribution in [0.25, 0.3) is 32.4 Å². The molecule has 0 amide bonds. The number of para-hydroxylation sites is 2. The van der Waals surface area contributed by atoms with Gasteiger partial charge in [-0.05, 0) is 31.2 Å². The zero-order valence-corrected chi connectivity index (χ0v) is 11.3. The van der Waals surface area contributed by atoms with E-state index < -0.39 is 0 Å². The van der Waals surface area contributed by atoms with E-state index in [-0.39, 0.29) is 0 Å². The Morgan fingerprint density at radius 3 is 2.53 bits per heavy atom. The van der Waals surface area contributed by atoms with E-state index in [9.17, 15) is 0 Å². The molecule has 0 spiro atoms. The van der Waals surface area contributed by atoms with Crippen LogP contribution in [0.5, 0.6) is 0 Å². The second kappa shape index (κ2) is 3.97. The van der Waals surface area contributed by atoms with Gasteiger partial charge in [-0.25, -0.2) is 0 Å². The van der Waals surface area contributed by atoms with Crippen LogP contribution in [0, 0.1) is 6.92 Å². The molecule has 0 aliphatic carbocycles. The highest BCUT2D eigenvalue weighted by Crippen LogP contribution is 2.37. The third-order valence-electron chi connectivity index (χ3n) is 3.41. The topological polar surface area (TPSA) is 13.1 Å². The van der Waals surface area contributed by atoms with Gasteiger partial charge in [-0.1, -0.05) is 30.3 Å². The zero-order chi connectivity index (χ0) is 12.8. The predicted molar refractivity (Wildman–Crippen MR) is 81.8 cm³/mol. The highest BCUT2D eigenvalue weighted by Gasteiger charge is 2.12. The predicted octanol–water partition coefficient (Wildman–Crippen LogP) is 5.62. The lowest BCUT2D eigenvalue weighted by Crippen LogP contribution is -1.73. The third-order valence-corrected chi connectivity index (χ3v) is 4.44. The van der Waals surface area contributed by atoms with E-state index in [1.165, 1.54) is 26.1 Å². The minimum absolute atomic E-state index is 0.957.